The summed E-state index contributed by atoms with van der Waals surface area (Å²) in [4.78, 5) is 16.3. The second-order valence-corrected chi connectivity index (χ2v) is 5.11. The summed E-state index contributed by atoms with van der Waals surface area (Å²) in [5, 5.41) is 9.22. The Morgan fingerprint density at radius 1 is 1.26 bits per heavy atom. The summed E-state index contributed by atoms with van der Waals surface area (Å²) >= 11 is 0. The summed E-state index contributed by atoms with van der Waals surface area (Å²) < 4.78 is 0. The highest BCUT2D eigenvalue weighted by molar-refractivity contribution is 5.82. The normalized spacial score (nSPS) is 18.3. The predicted octanol–water partition coefficient (Wildman–Crippen LogP) is 0.0360. The van der Waals surface area contributed by atoms with Crippen LogP contribution in [0, 0.1) is 0 Å². The molecule has 1 aromatic rings. The maximum Gasteiger partial charge on any atom is 0.239 e. The zero-order valence-corrected chi connectivity index (χ0v) is 11.2. The van der Waals surface area contributed by atoms with Crippen molar-refractivity contribution in [3.05, 3.63) is 29.8 Å². The highest BCUT2D eigenvalue weighted by Crippen LogP contribution is 2.12. The van der Waals surface area contributed by atoms with Gasteiger partial charge in [-0.15, -0.1) is 0 Å². The maximum atomic E-state index is 12.2. The molecule has 5 heteroatoms. The summed E-state index contributed by atoms with van der Waals surface area (Å²) in [6.45, 7) is 3.30. The van der Waals surface area contributed by atoms with E-state index >= 15 is 0 Å². The number of piperazine rings is 1. The monoisotopic (exact) mass is 263 g/mol. The third kappa shape index (κ3) is 3.68. The minimum absolute atomic E-state index is 0.0150. The molecule has 104 valence electrons. The molecule has 1 heterocycles. The van der Waals surface area contributed by atoms with E-state index in [1.165, 1.54) is 0 Å². The van der Waals surface area contributed by atoms with Crippen molar-refractivity contribution in [1.82, 2.24) is 9.80 Å². The van der Waals surface area contributed by atoms with Gasteiger partial charge in [0.25, 0.3) is 0 Å². The van der Waals surface area contributed by atoms with Gasteiger partial charge in [0.15, 0.2) is 0 Å². The van der Waals surface area contributed by atoms with Crippen LogP contribution in [0.1, 0.15) is 5.56 Å². The van der Waals surface area contributed by atoms with Crippen LogP contribution in [-0.2, 0) is 11.2 Å². The van der Waals surface area contributed by atoms with Crippen molar-refractivity contribution in [3.63, 3.8) is 0 Å². The van der Waals surface area contributed by atoms with E-state index in [0.29, 0.717) is 6.42 Å². The molecule has 0 saturated carbocycles. The predicted molar refractivity (Wildman–Crippen MR) is 73.9 cm³/mol. The molecule has 1 saturated heterocycles. The van der Waals surface area contributed by atoms with Crippen LogP contribution in [0.2, 0.25) is 0 Å². The molecule has 1 unspecified atom stereocenters. The summed E-state index contributed by atoms with van der Waals surface area (Å²) in [7, 11) is 2.05. The lowest BCUT2D eigenvalue weighted by atomic mass is 10.1. The summed E-state index contributed by atoms with van der Waals surface area (Å²) in [6.07, 6.45) is 0.505. The average molecular weight is 263 g/mol. The highest BCUT2D eigenvalue weighted by Gasteiger charge is 2.24. The van der Waals surface area contributed by atoms with Crippen molar-refractivity contribution < 1.29 is 9.90 Å². The molecular weight excluding hydrogens is 242 g/mol. The van der Waals surface area contributed by atoms with Crippen LogP contribution < -0.4 is 5.73 Å². The molecule has 1 aromatic carbocycles. The molecule has 2 rings (SSSR count). The molecule has 0 bridgehead atoms. The maximum absolute atomic E-state index is 12.2. The van der Waals surface area contributed by atoms with Gasteiger partial charge in [0.2, 0.25) is 5.91 Å². The van der Waals surface area contributed by atoms with Crippen molar-refractivity contribution in [1.29, 1.82) is 0 Å². The second-order valence-electron chi connectivity index (χ2n) is 5.11. The van der Waals surface area contributed by atoms with Gasteiger partial charge in [0, 0.05) is 26.2 Å². The average Bonchev–Trinajstić information content (AvgIpc) is 2.41. The van der Waals surface area contributed by atoms with Crippen LogP contribution >= 0.6 is 0 Å². The van der Waals surface area contributed by atoms with E-state index in [9.17, 15) is 9.90 Å². The van der Waals surface area contributed by atoms with Gasteiger partial charge in [-0.2, -0.15) is 0 Å². The summed E-state index contributed by atoms with van der Waals surface area (Å²) in [5.41, 5.74) is 6.95. The number of phenolic OH excluding ortho intramolecular Hbond substituents is 1. The molecule has 5 nitrogen and oxygen atoms in total. The first-order chi connectivity index (χ1) is 9.06. The fourth-order valence-corrected chi connectivity index (χ4v) is 2.23. The molecule has 1 atom stereocenters. The Labute approximate surface area is 113 Å². The van der Waals surface area contributed by atoms with E-state index < -0.39 is 6.04 Å². The molecule has 1 fully saturated rings. The Morgan fingerprint density at radius 2 is 1.84 bits per heavy atom. The Bertz CT molecular complexity index is 425. The number of nitrogens with zero attached hydrogens (tertiary/aromatic N) is 2. The lowest BCUT2D eigenvalue weighted by Gasteiger charge is -2.33. The Hall–Kier alpha value is -1.59. The molecule has 0 radical (unpaired) electrons. The summed E-state index contributed by atoms with van der Waals surface area (Å²) in [5.74, 6) is 0.240. The van der Waals surface area contributed by atoms with Gasteiger partial charge in [0.1, 0.15) is 5.75 Å². The Balaban J connectivity index is 1.90. The second kappa shape index (κ2) is 6.04. The number of amides is 1. The number of carbonyl (C=O) groups excluding carboxylic acids is 1. The van der Waals surface area contributed by atoms with Crippen LogP contribution in [0.4, 0.5) is 0 Å². The quantitative estimate of drug-likeness (QED) is 0.807. The van der Waals surface area contributed by atoms with E-state index in [1.54, 1.807) is 24.3 Å². The Morgan fingerprint density at radius 3 is 2.42 bits per heavy atom. The zero-order valence-electron chi connectivity index (χ0n) is 11.2. The lowest BCUT2D eigenvalue weighted by molar-refractivity contribution is -0.134. The van der Waals surface area contributed by atoms with Crippen molar-refractivity contribution >= 4 is 5.91 Å². The van der Waals surface area contributed by atoms with E-state index in [0.717, 1.165) is 31.7 Å². The number of nitrogens with two attached hydrogens (primary N) is 1. The molecule has 1 aliphatic heterocycles. The Kier molecular flexibility index (Phi) is 4.39. The molecule has 1 aliphatic rings. The van der Waals surface area contributed by atoms with Gasteiger partial charge >= 0.3 is 0 Å². The number of aromatic hydroxyl groups is 1. The fourth-order valence-electron chi connectivity index (χ4n) is 2.23. The number of hydrogen-bond donors (Lipinski definition) is 2. The van der Waals surface area contributed by atoms with Gasteiger partial charge in [-0.05, 0) is 31.2 Å². The topological polar surface area (TPSA) is 69.8 Å². The van der Waals surface area contributed by atoms with Gasteiger partial charge in [-0.3, -0.25) is 4.79 Å². The first-order valence-corrected chi connectivity index (χ1v) is 6.57. The van der Waals surface area contributed by atoms with Crippen molar-refractivity contribution in [2.75, 3.05) is 33.2 Å². The standard InChI is InChI=1S/C14H21N3O2/c1-16-6-8-17(9-7-16)14(19)13(15)10-11-2-4-12(18)5-3-11/h2-5,13,18H,6-10,15H2,1H3. The third-order valence-electron chi connectivity index (χ3n) is 3.52. The first-order valence-electron chi connectivity index (χ1n) is 6.57. The van der Waals surface area contributed by atoms with Crippen LogP contribution in [-0.4, -0.2) is 60.1 Å². The molecule has 1 amide bonds. The van der Waals surface area contributed by atoms with Crippen molar-refractivity contribution in [3.8, 4) is 5.75 Å². The van der Waals surface area contributed by atoms with Crippen LogP contribution in [0.25, 0.3) is 0 Å². The van der Waals surface area contributed by atoms with E-state index in [2.05, 4.69) is 11.9 Å². The first kappa shape index (κ1) is 13.8. The number of phenols is 1. The molecule has 0 aliphatic carbocycles. The van der Waals surface area contributed by atoms with Crippen LogP contribution in [0.15, 0.2) is 24.3 Å². The van der Waals surface area contributed by atoms with Gasteiger partial charge in [-0.25, -0.2) is 0 Å². The van der Waals surface area contributed by atoms with E-state index in [1.807, 2.05) is 4.90 Å². The molecule has 0 spiro atoms. The van der Waals surface area contributed by atoms with Crippen LogP contribution in [0.3, 0.4) is 0 Å². The largest absolute Gasteiger partial charge is 0.508 e. The van der Waals surface area contributed by atoms with Gasteiger partial charge in [0.05, 0.1) is 6.04 Å². The van der Waals surface area contributed by atoms with Gasteiger partial charge < -0.3 is 20.6 Å². The number of benzene rings is 1. The molecule has 0 aromatic heterocycles. The minimum atomic E-state index is -0.507. The molecular formula is C14H21N3O2. The number of rotatable bonds is 3. The number of likely N-dealkylation sites (N-methyl/N-ethyl adjacent to an activating group) is 1. The zero-order chi connectivity index (χ0) is 13.8. The van der Waals surface area contributed by atoms with E-state index in [-0.39, 0.29) is 11.7 Å². The smallest absolute Gasteiger partial charge is 0.239 e. The van der Waals surface area contributed by atoms with E-state index in [4.69, 9.17) is 5.73 Å². The third-order valence-corrected chi connectivity index (χ3v) is 3.52. The number of carbonyl (C=O) groups is 1. The van der Waals surface area contributed by atoms with Crippen molar-refractivity contribution in [2.24, 2.45) is 5.73 Å². The summed E-state index contributed by atoms with van der Waals surface area (Å²) in [6, 6.07) is 6.32. The van der Waals surface area contributed by atoms with Gasteiger partial charge in [-0.1, -0.05) is 12.1 Å². The lowest BCUT2D eigenvalue weighted by Crippen LogP contribution is -2.52. The molecule has 3 N–H and O–H groups in total. The fraction of sp³-hybridized carbons (Fsp3) is 0.500. The van der Waals surface area contributed by atoms with Crippen molar-refractivity contribution in [2.45, 2.75) is 12.5 Å². The van der Waals surface area contributed by atoms with Crippen LogP contribution in [0.5, 0.6) is 5.75 Å². The minimum Gasteiger partial charge on any atom is -0.508 e. The molecule has 19 heavy (non-hydrogen) atoms. The number of hydrogen-bond acceptors (Lipinski definition) is 4. The SMILES string of the molecule is CN1CCN(C(=O)C(N)Cc2ccc(O)cc2)CC1. The highest BCUT2D eigenvalue weighted by atomic mass is 16.3.